The van der Waals surface area contributed by atoms with Gasteiger partial charge in [0, 0.05) is 20.2 Å². The number of carbonyl (C=O) groups is 1. The average molecular weight is 266 g/mol. The number of nitrogens with two attached hydrogens (primary N) is 1. The van der Waals surface area contributed by atoms with Gasteiger partial charge in [0.25, 0.3) is 5.91 Å². The quantitative estimate of drug-likeness (QED) is 0.693. The number of hydrogen-bond acceptors (Lipinski definition) is 4. The second-order valence-corrected chi connectivity index (χ2v) is 4.25. The van der Waals surface area contributed by atoms with Crippen molar-refractivity contribution in [3.8, 4) is 0 Å². The Balaban J connectivity index is 2.86. The monoisotopic (exact) mass is 266 g/mol. The second-order valence-electron chi connectivity index (χ2n) is 4.25. The van der Waals surface area contributed by atoms with Gasteiger partial charge in [-0.1, -0.05) is 19.4 Å². The van der Waals surface area contributed by atoms with E-state index in [0.717, 1.165) is 18.5 Å². The molecule has 0 aliphatic rings. The first-order valence-electron chi connectivity index (χ1n) is 6.37. The van der Waals surface area contributed by atoms with E-state index in [2.05, 4.69) is 16.8 Å². The van der Waals surface area contributed by atoms with Crippen LogP contribution in [0, 0.1) is 0 Å². The number of H-pyrrole nitrogens is 1. The lowest BCUT2D eigenvalue weighted by atomic mass is 10.2. The molecule has 0 saturated heterocycles. The van der Waals surface area contributed by atoms with E-state index in [9.17, 15) is 4.79 Å². The third-order valence-corrected chi connectivity index (χ3v) is 2.79. The fraction of sp³-hybridized carbons (Fsp3) is 0.538. The number of methoxy groups -OCH3 is 1. The molecule has 1 rings (SSSR count). The Bertz CT molecular complexity index is 428. The highest BCUT2D eigenvalue weighted by molar-refractivity contribution is 5.97. The number of hydrogen-bond donors (Lipinski definition) is 2. The third kappa shape index (κ3) is 3.82. The Kier molecular flexibility index (Phi) is 6.08. The third-order valence-electron chi connectivity index (χ3n) is 2.79. The van der Waals surface area contributed by atoms with E-state index in [1.165, 1.54) is 0 Å². The highest BCUT2D eigenvalue weighted by atomic mass is 16.5. The Morgan fingerprint density at radius 3 is 2.95 bits per heavy atom. The van der Waals surface area contributed by atoms with Crippen molar-refractivity contribution in [2.45, 2.75) is 19.8 Å². The van der Waals surface area contributed by atoms with Gasteiger partial charge in [0.1, 0.15) is 0 Å². The molecular weight excluding hydrogens is 244 g/mol. The highest BCUT2D eigenvalue weighted by Crippen LogP contribution is 2.17. The molecule has 0 atom stereocenters. The van der Waals surface area contributed by atoms with Crippen LogP contribution in [-0.4, -0.2) is 47.8 Å². The number of rotatable bonds is 8. The minimum Gasteiger partial charge on any atom is -0.395 e. The Morgan fingerprint density at radius 2 is 2.37 bits per heavy atom. The first-order valence-corrected chi connectivity index (χ1v) is 6.37. The summed E-state index contributed by atoms with van der Waals surface area (Å²) in [5.74, 6) is -0.201. The van der Waals surface area contributed by atoms with Crippen LogP contribution in [-0.2, 0) is 11.2 Å². The van der Waals surface area contributed by atoms with Crippen LogP contribution in [0.15, 0.2) is 12.7 Å². The second kappa shape index (κ2) is 7.58. The molecule has 19 heavy (non-hydrogen) atoms. The number of anilines is 1. The van der Waals surface area contributed by atoms with Crippen LogP contribution in [0.25, 0.3) is 0 Å². The van der Waals surface area contributed by atoms with Crippen molar-refractivity contribution in [2.75, 3.05) is 32.5 Å². The summed E-state index contributed by atoms with van der Waals surface area (Å²) in [6, 6.07) is 0. The molecular formula is C13H22N4O2. The van der Waals surface area contributed by atoms with Crippen molar-refractivity contribution in [2.24, 2.45) is 0 Å². The summed E-state index contributed by atoms with van der Waals surface area (Å²) in [5, 5.41) is 6.86. The molecule has 6 heteroatoms. The highest BCUT2D eigenvalue weighted by Gasteiger charge is 2.21. The molecule has 0 bridgehead atoms. The number of carbonyl (C=O) groups excluding carboxylic acids is 1. The lowest BCUT2D eigenvalue weighted by Crippen LogP contribution is -2.34. The van der Waals surface area contributed by atoms with E-state index in [1.807, 2.05) is 6.92 Å². The minimum atomic E-state index is -0.201. The predicted molar refractivity (Wildman–Crippen MR) is 75.0 cm³/mol. The molecule has 0 unspecified atom stereocenters. The smallest absolute Gasteiger partial charge is 0.276 e. The SMILES string of the molecule is C=CCN(CCOC)C(=O)c1n[nH]c(CCC)c1N. The topological polar surface area (TPSA) is 84.2 Å². The molecule has 3 N–H and O–H groups in total. The van der Waals surface area contributed by atoms with Gasteiger partial charge in [0.15, 0.2) is 5.69 Å². The fourth-order valence-electron chi connectivity index (χ4n) is 1.77. The van der Waals surface area contributed by atoms with Gasteiger partial charge in [-0.3, -0.25) is 9.89 Å². The maximum absolute atomic E-state index is 12.3. The fourth-order valence-corrected chi connectivity index (χ4v) is 1.77. The first kappa shape index (κ1) is 15.2. The van der Waals surface area contributed by atoms with Crippen LogP contribution in [0.1, 0.15) is 29.5 Å². The van der Waals surface area contributed by atoms with Gasteiger partial charge in [-0.15, -0.1) is 6.58 Å². The van der Waals surface area contributed by atoms with E-state index in [1.54, 1.807) is 18.1 Å². The van der Waals surface area contributed by atoms with E-state index in [-0.39, 0.29) is 11.6 Å². The van der Waals surface area contributed by atoms with Gasteiger partial charge in [0.2, 0.25) is 0 Å². The summed E-state index contributed by atoms with van der Waals surface area (Å²) in [6.07, 6.45) is 3.40. The normalized spacial score (nSPS) is 10.4. The lowest BCUT2D eigenvalue weighted by molar-refractivity contribution is 0.0713. The number of nitrogens with zero attached hydrogens (tertiary/aromatic N) is 2. The largest absolute Gasteiger partial charge is 0.395 e. The molecule has 0 radical (unpaired) electrons. The van der Waals surface area contributed by atoms with Crippen LogP contribution in [0.5, 0.6) is 0 Å². The predicted octanol–water partition coefficient (Wildman–Crippen LogP) is 1.22. The molecule has 0 spiro atoms. The van der Waals surface area contributed by atoms with Gasteiger partial charge in [-0.05, 0) is 6.42 Å². The van der Waals surface area contributed by atoms with Crippen LogP contribution in [0.2, 0.25) is 0 Å². The standard InChI is InChI=1S/C13H22N4O2/c1-4-6-10-11(14)12(16-15-10)13(18)17(7-5-2)8-9-19-3/h5H,2,4,6-9,14H2,1,3H3,(H,15,16). The maximum atomic E-state index is 12.3. The molecule has 0 fully saturated rings. The van der Waals surface area contributed by atoms with Crippen LogP contribution < -0.4 is 5.73 Å². The minimum absolute atomic E-state index is 0.201. The molecule has 6 nitrogen and oxygen atoms in total. The molecule has 0 saturated carbocycles. The molecule has 1 aromatic heterocycles. The zero-order valence-electron chi connectivity index (χ0n) is 11.6. The summed E-state index contributed by atoms with van der Waals surface area (Å²) in [6.45, 7) is 7.08. The molecule has 0 aliphatic heterocycles. The molecule has 106 valence electrons. The summed E-state index contributed by atoms with van der Waals surface area (Å²) in [5.41, 5.74) is 7.49. The van der Waals surface area contributed by atoms with E-state index >= 15 is 0 Å². The van der Waals surface area contributed by atoms with Crippen LogP contribution in [0.3, 0.4) is 0 Å². The number of nitrogens with one attached hydrogen (secondary N) is 1. The zero-order valence-corrected chi connectivity index (χ0v) is 11.6. The van der Waals surface area contributed by atoms with Crippen LogP contribution in [0.4, 0.5) is 5.69 Å². The van der Waals surface area contributed by atoms with Gasteiger partial charge < -0.3 is 15.4 Å². The van der Waals surface area contributed by atoms with Gasteiger partial charge >= 0.3 is 0 Å². The summed E-state index contributed by atoms with van der Waals surface area (Å²) < 4.78 is 4.99. The molecule has 1 amide bonds. The molecule has 0 aliphatic carbocycles. The number of nitrogen functional groups attached to an aromatic ring is 1. The summed E-state index contributed by atoms with van der Waals surface area (Å²) >= 11 is 0. The Labute approximate surface area is 113 Å². The summed E-state index contributed by atoms with van der Waals surface area (Å²) in [7, 11) is 1.60. The van der Waals surface area contributed by atoms with E-state index in [0.29, 0.717) is 25.4 Å². The Hall–Kier alpha value is -1.82. The maximum Gasteiger partial charge on any atom is 0.276 e. The average Bonchev–Trinajstić information content (AvgIpc) is 2.76. The van der Waals surface area contributed by atoms with Crippen molar-refractivity contribution >= 4 is 11.6 Å². The van der Waals surface area contributed by atoms with Crippen molar-refractivity contribution in [1.82, 2.24) is 15.1 Å². The number of aryl methyl sites for hydroxylation is 1. The number of amides is 1. The number of aromatic amines is 1. The summed E-state index contributed by atoms with van der Waals surface area (Å²) in [4.78, 5) is 13.9. The number of ether oxygens (including phenoxy) is 1. The molecule has 0 aromatic carbocycles. The van der Waals surface area contributed by atoms with E-state index in [4.69, 9.17) is 10.5 Å². The lowest BCUT2D eigenvalue weighted by Gasteiger charge is -2.19. The van der Waals surface area contributed by atoms with Crippen molar-refractivity contribution < 1.29 is 9.53 Å². The van der Waals surface area contributed by atoms with Crippen molar-refractivity contribution in [3.05, 3.63) is 24.0 Å². The van der Waals surface area contributed by atoms with Crippen LogP contribution >= 0.6 is 0 Å². The van der Waals surface area contributed by atoms with Gasteiger partial charge in [-0.25, -0.2) is 0 Å². The molecule has 1 heterocycles. The molecule has 1 aromatic rings. The van der Waals surface area contributed by atoms with Crippen molar-refractivity contribution in [3.63, 3.8) is 0 Å². The van der Waals surface area contributed by atoms with Gasteiger partial charge in [-0.2, -0.15) is 5.10 Å². The first-order chi connectivity index (χ1) is 9.15. The Morgan fingerprint density at radius 1 is 1.63 bits per heavy atom. The number of aromatic nitrogens is 2. The zero-order chi connectivity index (χ0) is 14.3. The van der Waals surface area contributed by atoms with Gasteiger partial charge in [0.05, 0.1) is 18.0 Å². The van der Waals surface area contributed by atoms with Crippen molar-refractivity contribution in [1.29, 1.82) is 0 Å². The van der Waals surface area contributed by atoms with E-state index < -0.39 is 0 Å².